The molecule has 0 amide bonds. The number of rotatable bonds is 18. The minimum Gasteiger partial charge on any atom is -0.327 e. The van der Waals surface area contributed by atoms with Gasteiger partial charge in [-0.1, -0.05) is 104 Å². The van der Waals surface area contributed by atoms with E-state index in [2.05, 4.69) is 88.0 Å². The topological polar surface area (TPSA) is 138 Å². The van der Waals surface area contributed by atoms with Crippen molar-refractivity contribution in [2.75, 3.05) is 0 Å². The third-order valence-corrected chi connectivity index (χ3v) is 6.12. The highest BCUT2D eigenvalue weighted by Crippen LogP contribution is 2.18. The largest absolute Gasteiger partial charge is 0.327 e. The second kappa shape index (κ2) is 25.4. The van der Waals surface area contributed by atoms with Crippen LogP contribution in [0.5, 0.6) is 0 Å². The van der Waals surface area contributed by atoms with E-state index in [1.165, 1.54) is 0 Å². The fourth-order valence-corrected chi connectivity index (χ4v) is 2.78. The van der Waals surface area contributed by atoms with Crippen LogP contribution < -0.4 is 23.2 Å². The van der Waals surface area contributed by atoms with Gasteiger partial charge in [0.15, 0.2) is 0 Å². The molecule has 0 aliphatic heterocycles. The van der Waals surface area contributed by atoms with Crippen molar-refractivity contribution < 1.29 is 9.59 Å². The van der Waals surface area contributed by atoms with Gasteiger partial charge in [0.2, 0.25) is 0 Å². The number of hydrazine groups is 1. The first-order valence-electron chi connectivity index (χ1n) is 14.1. The Morgan fingerprint density at radius 1 is 0.526 bits per heavy atom. The molecular formula is C32H62N4O2. The van der Waals surface area contributed by atoms with Crippen LogP contribution in [-0.4, -0.2) is 24.7 Å². The Bertz CT molecular complexity index is 619. The highest BCUT2D eigenvalue weighted by atomic mass is 16.1. The van der Waals surface area contributed by atoms with E-state index in [0.717, 1.165) is 63.9 Å². The minimum atomic E-state index is -0.226. The highest BCUT2D eigenvalue weighted by molar-refractivity contribution is 5.58. The molecular weight excluding hydrogens is 472 g/mol. The Hall–Kier alpha value is -1.86. The molecule has 0 aliphatic carbocycles. The van der Waals surface area contributed by atoms with Crippen LogP contribution in [0.15, 0.2) is 48.6 Å². The number of hydrogen-bond donors (Lipinski definition) is 4. The highest BCUT2D eigenvalue weighted by Gasteiger charge is 2.13. The molecule has 8 N–H and O–H groups in total. The molecule has 0 saturated carbocycles. The van der Waals surface area contributed by atoms with Crippen molar-refractivity contribution in [3.05, 3.63) is 48.6 Å². The standard InChI is InChI=1S/2C16H29NO.H4N2/c2*1-14(2)15(17)11-9-7-5-6-8-10-12-16(3,4)13-18;1-2/h2*7-10,13-15H,5-6,11-12,17H2,1-4H3;1-2H2. The van der Waals surface area contributed by atoms with Crippen LogP contribution in [-0.2, 0) is 9.59 Å². The molecule has 222 valence electrons. The fraction of sp³-hybridized carbons (Fsp3) is 0.688. The summed E-state index contributed by atoms with van der Waals surface area (Å²) >= 11 is 0. The molecule has 0 fully saturated rings. The predicted octanol–water partition coefficient (Wildman–Crippen LogP) is 6.55. The van der Waals surface area contributed by atoms with Crippen molar-refractivity contribution in [1.82, 2.24) is 0 Å². The number of aldehydes is 2. The van der Waals surface area contributed by atoms with Crippen LogP contribution in [0.2, 0.25) is 0 Å². The second-order valence-electron chi connectivity index (χ2n) is 11.9. The molecule has 0 spiro atoms. The van der Waals surface area contributed by atoms with Crippen molar-refractivity contribution in [2.24, 2.45) is 45.8 Å². The Morgan fingerprint density at radius 3 is 1.03 bits per heavy atom. The maximum absolute atomic E-state index is 10.7. The molecule has 0 aromatic rings. The van der Waals surface area contributed by atoms with Crippen LogP contribution >= 0.6 is 0 Å². The number of hydrogen-bond acceptors (Lipinski definition) is 6. The first-order valence-corrected chi connectivity index (χ1v) is 14.1. The molecule has 38 heavy (non-hydrogen) atoms. The van der Waals surface area contributed by atoms with E-state index in [0.29, 0.717) is 11.8 Å². The van der Waals surface area contributed by atoms with E-state index < -0.39 is 0 Å². The SMILES string of the molecule is CC(C)C(N)CC=CCCC=CCC(C)(C)C=O.CC(C)C(N)CC=CCCC=CCC(C)(C)C=O.NN. The fourth-order valence-electron chi connectivity index (χ4n) is 2.78. The smallest absolute Gasteiger partial charge is 0.125 e. The van der Waals surface area contributed by atoms with Crippen LogP contribution in [0.1, 0.15) is 107 Å². The third kappa shape index (κ3) is 28.7. The lowest BCUT2D eigenvalue weighted by Gasteiger charge is -2.12. The zero-order valence-electron chi connectivity index (χ0n) is 25.9. The Balaban J connectivity index is -0.000000605. The number of nitrogens with two attached hydrogens (primary N) is 4. The molecule has 0 rings (SSSR count). The summed E-state index contributed by atoms with van der Waals surface area (Å²) in [5, 5.41) is 0. The first kappa shape index (κ1) is 40.6. The van der Waals surface area contributed by atoms with E-state index in [1.807, 2.05) is 27.7 Å². The van der Waals surface area contributed by atoms with Gasteiger partial charge >= 0.3 is 0 Å². The van der Waals surface area contributed by atoms with Gasteiger partial charge < -0.3 is 21.1 Å². The molecule has 0 aliphatic rings. The summed E-state index contributed by atoms with van der Waals surface area (Å²) < 4.78 is 0. The molecule has 0 heterocycles. The quantitative estimate of drug-likeness (QED) is 0.0517. The molecule has 6 heteroatoms. The third-order valence-electron chi connectivity index (χ3n) is 6.12. The normalized spacial score (nSPS) is 14.2. The van der Waals surface area contributed by atoms with Crippen LogP contribution in [0, 0.1) is 22.7 Å². The summed E-state index contributed by atoms with van der Waals surface area (Å²) in [6.07, 6.45) is 27.0. The van der Waals surface area contributed by atoms with Crippen LogP contribution in [0.3, 0.4) is 0 Å². The Kier molecular flexibility index (Phi) is 27.2. The summed E-state index contributed by atoms with van der Waals surface area (Å²) in [7, 11) is 0. The van der Waals surface area contributed by atoms with Crippen LogP contribution in [0.4, 0.5) is 0 Å². The maximum atomic E-state index is 10.7. The van der Waals surface area contributed by atoms with Gasteiger partial charge in [0, 0.05) is 22.9 Å². The van der Waals surface area contributed by atoms with Crippen molar-refractivity contribution >= 4 is 12.6 Å². The molecule has 0 aromatic heterocycles. The molecule has 6 nitrogen and oxygen atoms in total. The predicted molar refractivity (Wildman–Crippen MR) is 167 cm³/mol. The van der Waals surface area contributed by atoms with Crippen molar-refractivity contribution in [3.63, 3.8) is 0 Å². The van der Waals surface area contributed by atoms with Gasteiger partial charge in [0.1, 0.15) is 12.6 Å². The van der Waals surface area contributed by atoms with E-state index in [1.54, 1.807) is 0 Å². The number of unbranched alkanes of at least 4 members (excludes halogenated alkanes) is 2. The molecule has 0 saturated heterocycles. The van der Waals surface area contributed by atoms with Crippen molar-refractivity contribution in [3.8, 4) is 0 Å². The van der Waals surface area contributed by atoms with Gasteiger partial charge in [0.25, 0.3) is 0 Å². The van der Waals surface area contributed by atoms with Gasteiger partial charge in [-0.05, 0) is 63.2 Å². The number of carbonyl (C=O) groups is 2. The Morgan fingerprint density at radius 2 is 0.789 bits per heavy atom. The first-order chi connectivity index (χ1) is 17.8. The summed E-state index contributed by atoms with van der Waals surface area (Å²) in [6.45, 7) is 16.4. The van der Waals surface area contributed by atoms with Gasteiger partial charge in [0.05, 0.1) is 0 Å². The van der Waals surface area contributed by atoms with Gasteiger partial charge in [-0.15, -0.1) is 0 Å². The van der Waals surface area contributed by atoms with Crippen molar-refractivity contribution in [2.45, 2.75) is 119 Å². The molecule has 0 radical (unpaired) electrons. The lowest BCUT2D eigenvalue weighted by atomic mass is 9.91. The van der Waals surface area contributed by atoms with E-state index >= 15 is 0 Å². The maximum Gasteiger partial charge on any atom is 0.125 e. The van der Waals surface area contributed by atoms with Gasteiger partial charge in [-0.25, -0.2) is 0 Å². The molecule has 0 aromatic carbocycles. The summed E-state index contributed by atoms with van der Waals surface area (Å²) in [6, 6.07) is 0.537. The van der Waals surface area contributed by atoms with E-state index in [-0.39, 0.29) is 22.9 Å². The minimum absolute atomic E-state index is 0.226. The zero-order valence-corrected chi connectivity index (χ0v) is 25.9. The van der Waals surface area contributed by atoms with Gasteiger partial charge in [-0.3, -0.25) is 11.7 Å². The number of allylic oxidation sites excluding steroid dienone is 6. The summed E-state index contributed by atoms with van der Waals surface area (Å²) in [5.74, 6) is 9.08. The van der Waals surface area contributed by atoms with Crippen molar-refractivity contribution in [1.29, 1.82) is 0 Å². The monoisotopic (exact) mass is 534 g/mol. The molecule has 2 unspecified atom stereocenters. The average molecular weight is 535 g/mol. The summed E-state index contributed by atoms with van der Waals surface area (Å²) in [5.41, 5.74) is 11.4. The van der Waals surface area contributed by atoms with E-state index in [9.17, 15) is 9.59 Å². The average Bonchev–Trinajstić information content (AvgIpc) is 2.88. The zero-order chi connectivity index (χ0) is 30.0. The van der Waals surface area contributed by atoms with E-state index in [4.69, 9.17) is 11.5 Å². The lowest BCUT2D eigenvalue weighted by Crippen LogP contribution is -2.25. The summed E-state index contributed by atoms with van der Waals surface area (Å²) in [4.78, 5) is 21.4. The molecule has 2 atom stereocenters. The Labute approximate surface area is 235 Å². The van der Waals surface area contributed by atoms with Gasteiger partial charge in [-0.2, -0.15) is 0 Å². The molecule has 0 bridgehead atoms. The van der Waals surface area contributed by atoms with Crippen LogP contribution in [0.25, 0.3) is 0 Å². The lowest BCUT2D eigenvalue weighted by molar-refractivity contribution is -0.115. The second-order valence-corrected chi connectivity index (χ2v) is 11.9. The number of carbonyl (C=O) groups excluding carboxylic acids is 2.